The smallest absolute Gasteiger partial charge is 0.356 e. The van der Waals surface area contributed by atoms with Crippen molar-refractivity contribution >= 4 is 21.8 Å². The van der Waals surface area contributed by atoms with Gasteiger partial charge < -0.3 is 24.1 Å². The number of hydrogen-bond donors (Lipinski definition) is 1. The number of aromatic nitrogens is 1. The van der Waals surface area contributed by atoms with E-state index in [4.69, 9.17) is 24.1 Å². The van der Waals surface area contributed by atoms with Crippen LogP contribution in [0.5, 0.6) is 17.5 Å². The van der Waals surface area contributed by atoms with Crippen LogP contribution in [0.25, 0.3) is 0 Å². The van der Waals surface area contributed by atoms with Crippen molar-refractivity contribution in [2.75, 3.05) is 27.1 Å². The Balaban J connectivity index is 2.06. The average molecular weight is 458 g/mol. The number of hydrogen-bond acceptors (Lipinski definition) is 9. The van der Waals surface area contributed by atoms with Crippen LogP contribution in [-0.4, -0.2) is 40.7 Å². The normalized spacial score (nSPS) is 11.0. The second-order valence-corrected chi connectivity index (χ2v) is 8.11. The third-order valence-corrected chi connectivity index (χ3v) is 5.83. The van der Waals surface area contributed by atoms with Crippen LogP contribution >= 0.6 is 0 Å². The number of pyridine rings is 1. The molecule has 3 aromatic rings. The SMILES string of the molecule is COc1ccc(S(=O)(=O)OC(=O)c2c(N)c(OC)nc(OC)c2Cc2ccccc2)cc1. The number of nitrogens with zero attached hydrogens (tertiary/aromatic N) is 1. The molecule has 0 fully saturated rings. The summed E-state index contributed by atoms with van der Waals surface area (Å²) in [6.07, 6.45) is 0.193. The van der Waals surface area contributed by atoms with Gasteiger partial charge in [-0.15, -0.1) is 0 Å². The van der Waals surface area contributed by atoms with E-state index in [2.05, 4.69) is 4.98 Å². The summed E-state index contributed by atoms with van der Waals surface area (Å²) in [5.74, 6) is -0.752. The first kappa shape index (κ1) is 22.9. The van der Waals surface area contributed by atoms with Crippen LogP contribution < -0.4 is 19.9 Å². The van der Waals surface area contributed by atoms with Gasteiger partial charge in [-0.3, -0.25) is 0 Å². The maximum Gasteiger partial charge on any atom is 0.356 e. The van der Waals surface area contributed by atoms with Crippen molar-refractivity contribution in [3.63, 3.8) is 0 Å². The van der Waals surface area contributed by atoms with Crippen LogP contribution in [-0.2, 0) is 20.7 Å². The van der Waals surface area contributed by atoms with Crippen molar-refractivity contribution in [2.45, 2.75) is 11.3 Å². The molecule has 0 aliphatic carbocycles. The molecule has 9 nitrogen and oxygen atoms in total. The fourth-order valence-electron chi connectivity index (χ4n) is 3.05. The molecule has 0 aliphatic heterocycles. The molecule has 32 heavy (non-hydrogen) atoms. The molecule has 0 bridgehead atoms. The van der Waals surface area contributed by atoms with E-state index in [1.807, 2.05) is 30.3 Å². The molecular formula is C22H22N2O7S. The molecule has 0 unspecified atom stereocenters. The van der Waals surface area contributed by atoms with Crippen molar-refractivity contribution in [1.29, 1.82) is 0 Å². The fraction of sp³-hybridized carbons (Fsp3) is 0.182. The first-order valence-corrected chi connectivity index (χ1v) is 10.8. The minimum atomic E-state index is -4.44. The largest absolute Gasteiger partial charge is 0.497 e. The van der Waals surface area contributed by atoms with Gasteiger partial charge in [0.05, 0.1) is 26.9 Å². The summed E-state index contributed by atoms with van der Waals surface area (Å²) in [5.41, 5.74) is 6.85. The molecule has 0 atom stereocenters. The average Bonchev–Trinajstić information content (AvgIpc) is 2.79. The topological polar surface area (TPSA) is 127 Å². The van der Waals surface area contributed by atoms with Crippen LogP contribution in [0.3, 0.4) is 0 Å². The molecule has 0 saturated heterocycles. The number of methoxy groups -OCH3 is 3. The van der Waals surface area contributed by atoms with Crippen molar-refractivity contribution < 1.29 is 31.6 Å². The van der Waals surface area contributed by atoms with Crippen molar-refractivity contribution in [3.05, 3.63) is 71.3 Å². The Morgan fingerprint density at radius 3 is 2.09 bits per heavy atom. The van der Waals surface area contributed by atoms with E-state index >= 15 is 0 Å². The first-order valence-electron chi connectivity index (χ1n) is 9.37. The third-order valence-electron chi connectivity index (χ3n) is 4.61. The Kier molecular flexibility index (Phi) is 6.84. The Hall–Kier alpha value is -3.79. The van der Waals surface area contributed by atoms with Gasteiger partial charge in [-0.25, -0.2) is 4.79 Å². The predicted octanol–water partition coefficient (Wildman–Crippen LogP) is 2.83. The summed E-state index contributed by atoms with van der Waals surface area (Å²) >= 11 is 0. The summed E-state index contributed by atoms with van der Waals surface area (Å²) in [6, 6.07) is 14.6. The van der Waals surface area contributed by atoms with Gasteiger partial charge in [0.15, 0.2) is 0 Å². The molecule has 0 spiro atoms. The molecule has 0 radical (unpaired) electrons. The van der Waals surface area contributed by atoms with Crippen molar-refractivity contribution in [2.24, 2.45) is 0 Å². The van der Waals surface area contributed by atoms with Crippen LogP contribution in [0.2, 0.25) is 0 Å². The van der Waals surface area contributed by atoms with E-state index in [1.54, 1.807) is 0 Å². The standard InChI is InChI=1S/C22H22N2O7S/c1-28-15-9-11-16(12-10-15)32(26,27)31-22(25)18-17(13-14-7-5-4-6-8-14)20(29-2)24-21(30-3)19(18)23/h4-12H,13,23H2,1-3H3. The number of nitrogens with two attached hydrogens (primary N) is 1. The third kappa shape index (κ3) is 4.75. The van der Waals surface area contributed by atoms with Crippen molar-refractivity contribution in [3.8, 4) is 17.5 Å². The molecule has 0 saturated carbocycles. The van der Waals surface area contributed by atoms with Gasteiger partial charge in [-0.05, 0) is 29.8 Å². The lowest BCUT2D eigenvalue weighted by Gasteiger charge is -2.17. The van der Waals surface area contributed by atoms with Crippen LogP contribution in [0.15, 0.2) is 59.5 Å². The first-order chi connectivity index (χ1) is 15.3. The van der Waals surface area contributed by atoms with E-state index in [0.29, 0.717) is 5.75 Å². The summed E-state index contributed by atoms with van der Waals surface area (Å²) in [6.45, 7) is 0. The van der Waals surface area contributed by atoms with E-state index in [0.717, 1.165) is 5.56 Å². The number of carbonyl (C=O) groups is 1. The molecule has 1 heterocycles. The second-order valence-electron chi connectivity index (χ2n) is 6.56. The zero-order valence-corrected chi connectivity index (χ0v) is 18.5. The molecule has 10 heteroatoms. The summed E-state index contributed by atoms with van der Waals surface area (Å²) in [7, 11) is -0.303. The molecule has 0 amide bonds. The zero-order valence-electron chi connectivity index (χ0n) is 17.7. The highest BCUT2D eigenvalue weighted by Crippen LogP contribution is 2.35. The molecular weight excluding hydrogens is 436 g/mol. The Morgan fingerprint density at radius 2 is 1.53 bits per heavy atom. The molecule has 1 aromatic heterocycles. The molecule has 2 aromatic carbocycles. The lowest BCUT2D eigenvalue weighted by Crippen LogP contribution is -2.19. The Bertz CT molecular complexity index is 1210. The van der Waals surface area contributed by atoms with E-state index < -0.39 is 16.1 Å². The fourth-order valence-corrected chi connectivity index (χ4v) is 3.90. The van der Waals surface area contributed by atoms with E-state index in [9.17, 15) is 13.2 Å². The zero-order chi connectivity index (χ0) is 23.3. The van der Waals surface area contributed by atoms with Crippen molar-refractivity contribution in [1.82, 2.24) is 4.98 Å². The van der Waals surface area contributed by atoms with Gasteiger partial charge in [-0.2, -0.15) is 13.4 Å². The highest BCUT2D eigenvalue weighted by Gasteiger charge is 2.30. The monoisotopic (exact) mass is 458 g/mol. The van der Waals surface area contributed by atoms with Crippen LogP contribution in [0, 0.1) is 0 Å². The van der Waals surface area contributed by atoms with Gasteiger partial charge in [-0.1, -0.05) is 30.3 Å². The van der Waals surface area contributed by atoms with E-state index in [-0.39, 0.29) is 39.9 Å². The molecule has 168 valence electrons. The maximum atomic E-state index is 13.1. The van der Waals surface area contributed by atoms with Gasteiger partial charge in [0, 0.05) is 12.0 Å². The molecule has 0 aliphatic rings. The number of anilines is 1. The Labute approximate surface area is 185 Å². The highest BCUT2D eigenvalue weighted by atomic mass is 32.2. The number of nitrogen functional groups attached to an aromatic ring is 1. The maximum absolute atomic E-state index is 13.1. The van der Waals surface area contributed by atoms with Crippen LogP contribution in [0.4, 0.5) is 5.69 Å². The Morgan fingerprint density at radius 1 is 0.906 bits per heavy atom. The van der Waals surface area contributed by atoms with Crippen LogP contribution in [0.1, 0.15) is 21.5 Å². The quantitative estimate of drug-likeness (QED) is 0.507. The number of rotatable bonds is 8. The number of benzene rings is 2. The van der Waals surface area contributed by atoms with Gasteiger partial charge >= 0.3 is 16.1 Å². The second kappa shape index (κ2) is 9.56. The van der Waals surface area contributed by atoms with Gasteiger partial charge in [0.25, 0.3) is 0 Å². The van der Waals surface area contributed by atoms with Gasteiger partial charge in [0.1, 0.15) is 16.3 Å². The minimum absolute atomic E-state index is 0.0636. The molecule has 2 N–H and O–H groups in total. The summed E-state index contributed by atoms with van der Waals surface area (Å²) in [5, 5.41) is 0. The number of ether oxygens (including phenoxy) is 3. The van der Waals surface area contributed by atoms with Gasteiger partial charge in [0.2, 0.25) is 11.8 Å². The minimum Gasteiger partial charge on any atom is -0.497 e. The summed E-state index contributed by atoms with van der Waals surface area (Å²) < 4.78 is 45.8. The lowest BCUT2D eigenvalue weighted by molar-refractivity contribution is 0.0745. The highest BCUT2D eigenvalue weighted by molar-refractivity contribution is 7.87. The predicted molar refractivity (Wildman–Crippen MR) is 117 cm³/mol. The van der Waals surface area contributed by atoms with E-state index in [1.165, 1.54) is 45.6 Å². The molecule has 3 rings (SSSR count). The number of carbonyl (C=O) groups excluding carboxylic acids is 1. The lowest BCUT2D eigenvalue weighted by atomic mass is 10.00. The summed E-state index contributed by atoms with van der Waals surface area (Å²) in [4.78, 5) is 17.0.